The highest BCUT2D eigenvalue weighted by molar-refractivity contribution is 8.07. The maximum atomic E-state index is 10.9. The maximum Gasteiger partial charge on any atom is 0.305 e. The number of carbonyl (C=O) groups excluding carboxylic acids is 1. The van der Waals surface area contributed by atoms with E-state index in [4.69, 9.17) is 0 Å². The van der Waals surface area contributed by atoms with Crippen LogP contribution in [0.1, 0.15) is 77.6 Å². The Bertz CT molecular complexity index is 243. The molecule has 0 bridgehead atoms. The largest absolute Gasteiger partial charge is 0.469 e. The first kappa shape index (κ1) is 16.9. The second-order valence-electron chi connectivity index (χ2n) is 5.59. The molecule has 2 nitrogen and oxygen atoms in total. The van der Waals surface area contributed by atoms with Crippen LogP contribution in [0.2, 0.25) is 0 Å². The summed E-state index contributed by atoms with van der Waals surface area (Å²) >= 11 is 2.18. The Hall–Kier alpha value is -0.180. The average molecular weight is 286 g/mol. The SMILES string of the molecule is CCCCCCCC1SC1CCCCCC(=O)OC. The molecule has 0 aromatic heterocycles. The Balaban J connectivity index is 1.82. The van der Waals surface area contributed by atoms with Crippen LogP contribution in [0.3, 0.4) is 0 Å². The standard InChI is InChI=1S/C16H30O2S/c1-3-4-5-6-8-11-14-15(19-14)12-9-7-10-13-16(17)18-2/h14-15H,3-13H2,1-2H3. The molecule has 19 heavy (non-hydrogen) atoms. The molecule has 1 heterocycles. The number of hydrogen-bond donors (Lipinski definition) is 0. The molecule has 0 saturated carbocycles. The summed E-state index contributed by atoms with van der Waals surface area (Å²) in [7, 11) is 1.47. The molecule has 1 rings (SSSR count). The molecule has 3 heteroatoms. The van der Waals surface area contributed by atoms with Gasteiger partial charge in [-0.1, -0.05) is 51.9 Å². The normalized spacial score (nSPS) is 21.4. The Labute approximate surface area is 123 Å². The zero-order chi connectivity index (χ0) is 13.9. The zero-order valence-corrected chi connectivity index (χ0v) is 13.5. The predicted molar refractivity (Wildman–Crippen MR) is 83.6 cm³/mol. The van der Waals surface area contributed by atoms with Crippen LogP contribution in [0.5, 0.6) is 0 Å². The van der Waals surface area contributed by atoms with Crippen molar-refractivity contribution >= 4 is 17.7 Å². The lowest BCUT2D eigenvalue weighted by Crippen LogP contribution is -1.99. The summed E-state index contributed by atoms with van der Waals surface area (Å²) < 4.78 is 4.64. The summed E-state index contributed by atoms with van der Waals surface area (Å²) in [6, 6.07) is 0. The van der Waals surface area contributed by atoms with E-state index in [1.807, 2.05) is 0 Å². The van der Waals surface area contributed by atoms with Crippen molar-refractivity contribution in [2.75, 3.05) is 7.11 Å². The number of esters is 1. The number of carbonyl (C=O) groups is 1. The van der Waals surface area contributed by atoms with Crippen molar-refractivity contribution in [3.63, 3.8) is 0 Å². The molecule has 0 aromatic carbocycles. The fourth-order valence-corrected chi connectivity index (χ4v) is 3.77. The fourth-order valence-electron chi connectivity index (χ4n) is 2.53. The number of unbranched alkanes of at least 4 members (excludes halogenated alkanes) is 6. The predicted octanol–water partition coefficient (Wildman–Crippen LogP) is 4.95. The van der Waals surface area contributed by atoms with Crippen molar-refractivity contribution in [2.45, 2.75) is 88.1 Å². The molecule has 1 saturated heterocycles. The van der Waals surface area contributed by atoms with Gasteiger partial charge in [0.25, 0.3) is 0 Å². The Morgan fingerprint density at radius 3 is 2.11 bits per heavy atom. The molecule has 2 atom stereocenters. The van der Waals surface area contributed by atoms with Crippen molar-refractivity contribution in [3.05, 3.63) is 0 Å². The highest BCUT2D eigenvalue weighted by atomic mass is 32.2. The molecule has 0 aliphatic carbocycles. The average Bonchev–Trinajstić information content (AvgIpc) is 3.16. The Morgan fingerprint density at radius 2 is 1.53 bits per heavy atom. The van der Waals surface area contributed by atoms with Crippen molar-refractivity contribution < 1.29 is 9.53 Å². The molecule has 112 valence electrons. The number of rotatable bonds is 12. The van der Waals surface area contributed by atoms with Crippen LogP contribution in [-0.4, -0.2) is 23.6 Å². The van der Waals surface area contributed by atoms with Crippen LogP contribution >= 0.6 is 11.8 Å². The zero-order valence-electron chi connectivity index (χ0n) is 12.7. The van der Waals surface area contributed by atoms with Gasteiger partial charge in [-0.05, 0) is 19.3 Å². The van der Waals surface area contributed by atoms with Crippen molar-refractivity contribution in [1.29, 1.82) is 0 Å². The molecular weight excluding hydrogens is 256 g/mol. The summed E-state index contributed by atoms with van der Waals surface area (Å²) in [6.45, 7) is 2.27. The highest BCUT2D eigenvalue weighted by Crippen LogP contribution is 2.47. The van der Waals surface area contributed by atoms with E-state index >= 15 is 0 Å². The van der Waals surface area contributed by atoms with Gasteiger partial charge < -0.3 is 4.74 Å². The van der Waals surface area contributed by atoms with Crippen LogP contribution in [-0.2, 0) is 9.53 Å². The van der Waals surface area contributed by atoms with Gasteiger partial charge in [0, 0.05) is 16.9 Å². The minimum Gasteiger partial charge on any atom is -0.469 e. The molecule has 1 fully saturated rings. The maximum absolute atomic E-state index is 10.9. The van der Waals surface area contributed by atoms with E-state index in [2.05, 4.69) is 23.4 Å². The molecule has 0 amide bonds. The van der Waals surface area contributed by atoms with E-state index < -0.39 is 0 Å². The molecule has 1 aliphatic rings. The van der Waals surface area contributed by atoms with E-state index in [1.54, 1.807) is 0 Å². The second kappa shape index (κ2) is 10.6. The second-order valence-corrected chi connectivity index (χ2v) is 7.07. The molecule has 1 aliphatic heterocycles. The summed E-state index contributed by atoms with van der Waals surface area (Å²) in [6.07, 6.45) is 13.8. The lowest BCUT2D eigenvalue weighted by atomic mass is 10.0. The lowest BCUT2D eigenvalue weighted by molar-refractivity contribution is -0.140. The first-order valence-electron chi connectivity index (χ1n) is 8.00. The van der Waals surface area contributed by atoms with Crippen molar-refractivity contribution in [2.24, 2.45) is 0 Å². The van der Waals surface area contributed by atoms with Gasteiger partial charge >= 0.3 is 5.97 Å². The van der Waals surface area contributed by atoms with Crippen LogP contribution in [0.4, 0.5) is 0 Å². The highest BCUT2D eigenvalue weighted by Gasteiger charge is 2.36. The topological polar surface area (TPSA) is 26.3 Å². The van der Waals surface area contributed by atoms with Gasteiger partial charge in [0.05, 0.1) is 7.11 Å². The van der Waals surface area contributed by atoms with Gasteiger partial charge in [-0.2, -0.15) is 11.8 Å². The van der Waals surface area contributed by atoms with Gasteiger partial charge in [0.1, 0.15) is 0 Å². The minimum atomic E-state index is -0.0641. The van der Waals surface area contributed by atoms with E-state index in [9.17, 15) is 4.79 Å². The Kier molecular flexibility index (Phi) is 9.40. The first-order chi connectivity index (χ1) is 9.27. The number of ether oxygens (including phenoxy) is 1. The fraction of sp³-hybridized carbons (Fsp3) is 0.938. The third kappa shape index (κ3) is 8.56. The van der Waals surface area contributed by atoms with Gasteiger partial charge in [-0.25, -0.2) is 0 Å². The quantitative estimate of drug-likeness (QED) is 0.288. The summed E-state index contributed by atoms with van der Waals surface area (Å²) in [5.74, 6) is -0.0641. The smallest absolute Gasteiger partial charge is 0.305 e. The van der Waals surface area contributed by atoms with E-state index in [1.165, 1.54) is 64.9 Å². The summed E-state index contributed by atoms with van der Waals surface area (Å²) in [5.41, 5.74) is 0. The molecular formula is C16H30O2S. The van der Waals surface area contributed by atoms with Gasteiger partial charge in [0.15, 0.2) is 0 Å². The summed E-state index contributed by atoms with van der Waals surface area (Å²) in [4.78, 5) is 10.9. The minimum absolute atomic E-state index is 0.0641. The van der Waals surface area contributed by atoms with Gasteiger partial charge in [0.2, 0.25) is 0 Å². The lowest BCUT2D eigenvalue weighted by Gasteiger charge is -2.01. The number of hydrogen-bond acceptors (Lipinski definition) is 3. The van der Waals surface area contributed by atoms with E-state index in [0.29, 0.717) is 6.42 Å². The van der Waals surface area contributed by atoms with Crippen LogP contribution in [0, 0.1) is 0 Å². The molecule has 0 spiro atoms. The van der Waals surface area contributed by atoms with Crippen LogP contribution in [0.15, 0.2) is 0 Å². The first-order valence-corrected chi connectivity index (χ1v) is 8.94. The van der Waals surface area contributed by atoms with Gasteiger partial charge in [-0.3, -0.25) is 4.79 Å². The molecule has 0 N–H and O–H groups in total. The van der Waals surface area contributed by atoms with E-state index in [0.717, 1.165) is 16.9 Å². The number of thioether (sulfide) groups is 1. The molecule has 0 radical (unpaired) electrons. The number of methoxy groups -OCH3 is 1. The molecule has 0 aromatic rings. The van der Waals surface area contributed by atoms with Gasteiger partial charge in [-0.15, -0.1) is 0 Å². The van der Waals surface area contributed by atoms with Crippen molar-refractivity contribution in [3.8, 4) is 0 Å². The molecule has 2 unspecified atom stereocenters. The van der Waals surface area contributed by atoms with Crippen LogP contribution in [0.25, 0.3) is 0 Å². The van der Waals surface area contributed by atoms with Crippen LogP contribution < -0.4 is 0 Å². The van der Waals surface area contributed by atoms with E-state index in [-0.39, 0.29) is 5.97 Å². The van der Waals surface area contributed by atoms with Crippen molar-refractivity contribution in [1.82, 2.24) is 0 Å². The summed E-state index contributed by atoms with van der Waals surface area (Å²) in [5, 5.41) is 1.89. The monoisotopic (exact) mass is 286 g/mol. The Morgan fingerprint density at radius 1 is 0.947 bits per heavy atom. The third-order valence-corrected chi connectivity index (χ3v) is 5.39. The third-order valence-electron chi connectivity index (χ3n) is 3.88.